The van der Waals surface area contributed by atoms with Gasteiger partial charge < -0.3 is 10.4 Å². The minimum absolute atomic E-state index is 0.102. The van der Waals surface area contributed by atoms with Crippen molar-refractivity contribution in [3.05, 3.63) is 12.2 Å². The van der Waals surface area contributed by atoms with Crippen molar-refractivity contribution in [2.75, 3.05) is 0 Å². The Labute approximate surface area is 108 Å². The molecule has 102 valence electrons. The number of nitrogens with one attached hydrogen (secondary N) is 1. The first-order valence-corrected chi connectivity index (χ1v) is 6.69. The summed E-state index contributed by atoms with van der Waals surface area (Å²) in [6, 6.07) is 0.124. The third-order valence-corrected chi connectivity index (χ3v) is 3.46. The summed E-state index contributed by atoms with van der Waals surface area (Å²) in [6.45, 7) is 3.70. The number of hydrogen-bond acceptors (Lipinski definition) is 2. The van der Waals surface area contributed by atoms with Crippen molar-refractivity contribution in [2.45, 2.75) is 52.0 Å². The van der Waals surface area contributed by atoms with Crippen LogP contribution in [0.5, 0.6) is 0 Å². The summed E-state index contributed by atoms with van der Waals surface area (Å²) in [6.07, 6.45) is 8.11. The molecule has 1 aliphatic carbocycles. The predicted molar refractivity (Wildman–Crippen MR) is 70.1 cm³/mol. The molecular weight excluding hydrogens is 230 g/mol. The highest BCUT2D eigenvalue weighted by molar-refractivity contribution is 5.79. The second-order valence-electron chi connectivity index (χ2n) is 5.22. The number of carbonyl (C=O) groups excluding carboxylic acids is 1. The lowest BCUT2D eigenvalue weighted by atomic mass is 10.0. The Morgan fingerprint density at radius 1 is 1.28 bits per heavy atom. The highest BCUT2D eigenvalue weighted by atomic mass is 16.4. The molecule has 2 N–H and O–H groups in total. The van der Waals surface area contributed by atoms with Crippen molar-refractivity contribution in [1.29, 1.82) is 0 Å². The van der Waals surface area contributed by atoms with Crippen molar-refractivity contribution in [1.82, 2.24) is 5.32 Å². The van der Waals surface area contributed by atoms with E-state index in [0.717, 1.165) is 25.7 Å². The highest BCUT2D eigenvalue weighted by Gasteiger charge is 2.20. The van der Waals surface area contributed by atoms with E-state index in [2.05, 4.69) is 5.32 Å². The maximum Gasteiger partial charge on any atom is 0.306 e. The molecular formula is C14H23NO3. The minimum atomic E-state index is -0.747. The van der Waals surface area contributed by atoms with Gasteiger partial charge in [0.15, 0.2) is 0 Å². The average molecular weight is 253 g/mol. The normalized spacial score (nSPS) is 18.6. The van der Waals surface area contributed by atoms with E-state index in [1.807, 2.05) is 19.1 Å². The second-order valence-corrected chi connectivity index (χ2v) is 5.22. The molecule has 0 aromatic carbocycles. The topological polar surface area (TPSA) is 66.4 Å². The number of allylic oxidation sites excluding steroid dienone is 2. The molecule has 2 atom stereocenters. The lowest BCUT2D eigenvalue weighted by molar-refractivity contribution is -0.141. The zero-order valence-electron chi connectivity index (χ0n) is 11.2. The maximum absolute atomic E-state index is 11.8. The van der Waals surface area contributed by atoms with Crippen LogP contribution in [0.2, 0.25) is 0 Å². The Kier molecular flexibility index (Phi) is 5.89. The van der Waals surface area contributed by atoms with Crippen molar-refractivity contribution in [3.8, 4) is 0 Å². The molecule has 0 saturated heterocycles. The largest absolute Gasteiger partial charge is 0.481 e. The maximum atomic E-state index is 11.8. The Hall–Kier alpha value is -1.32. The minimum Gasteiger partial charge on any atom is -0.481 e. The molecule has 0 bridgehead atoms. The summed E-state index contributed by atoms with van der Waals surface area (Å²) in [4.78, 5) is 22.5. The van der Waals surface area contributed by atoms with Crippen LogP contribution in [0, 0.1) is 11.8 Å². The fourth-order valence-electron chi connectivity index (χ4n) is 2.12. The van der Waals surface area contributed by atoms with Crippen LogP contribution in [0.25, 0.3) is 0 Å². The van der Waals surface area contributed by atoms with Crippen LogP contribution in [-0.4, -0.2) is 23.0 Å². The molecule has 0 radical (unpaired) electrons. The first kappa shape index (κ1) is 14.7. The van der Waals surface area contributed by atoms with E-state index in [-0.39, 0.29) is 23.8 Å². The van der Waals surface area contributed by atoms with Gasteiger partial charge in [0.2, 0.25) is 5.91 Å². The number of rotatable bonds is 7. The number of carboxylic acid groups (broad SMARTS) is 1. The van der Waals surface area contributed by atoms with E-state index < -0.39 is 5.97 Å². The molecule has 0 aliphatic heterocycles. The van der Waals surface area contributed by atoms with Crippen molar-refractivity contribution in [3.63, 3.8) is 0 Å². The Morgan fingerprint density at radius 3 is 2.44 bits per heavy atom. The third kappa shape index (κ3) is 4.90. The van der Waals surface area contributed by atoms with Gasteiger partial charge in [-0.2, -0.15) is 0 Å². The Morgan fingerprint density at radius 2 is 1.89 bits per heavy atom. The number of carboxylic acids is 1. The number of carbonyl (C=O) groups is 2. The van der Waals surface area contributed by atoms with Gasteiger partial charge in [-0.25, -0.2) is 0 Å². The molecule has 4 nitrogen and oxygen atoms in total. The van der Waals surface area contributed by atoms with Gasteiger partial charge >= 0.3 is 5.97 Å². The van der Waals surface area contributed by atoms with E-state index in [1.165, 1.54) is 0 Å². The van der Waals surface area contributed by atoms with Crippen LogP contribution in [-0.2, 0) is 9.59 Å². The van der Waals surface area contributed by atoms with E-state index >= 15 is 0 Å². The molecule has 18 heavy (non-hydrogen) atoms. The Bertz CT molecular complexity index is 317. The molecule has 0 heterocycles. The van der Waals surface area contributed by atoms with Crippen LogP contribution < -0.4 is 5.32 Å². The SMILES string of the molecule is CC(CCCC(C)C(=O)O)NC(=O)C1CC=CC1. The lowest BCUT2D eigenvalue weighted by Crippen LogP contribution is -2.36. The zero-order chi connectivity index (χ0) is 13.5. The second kappa shape index (κ2) is 7.19. The van der Waals surface area contributed by atoms with Crippen molar-refractivity contribution < 1.29 is 14.7 Å². The van der Waals surface area contributed by atoms with Gasteiger partial charge in [0.1, 0.15) is 0 Å². The van der Waals surface area contributed by atoms with Crippen molar-refractivity contribution >= 4 is 11.9 Å². The van der Waals surface area contributed by atoms with Gasteiger partial charge in [0.25, 0.3) is 0 Å². The fourth-order valence-corrected chi connectivity index (χ4v) is 2.12. The number of hydrogen-bond donors (Lipinski definition) is 2. The van der Waals surface area contributed by atoms with E-state index in [0.29, 0.717) is 6.42 Å². The molecule has 0 saturated carbocycles. The zero-order valence-corrected chi connectivity index (χ0v) is 11.2. The molecule has 1 rings (SSSR count). The predicted octanol–water partition coefficient (Wildman–Crippen LogP) is 2.35. The van der Waals surface area contributed by atoms with Crippen LogP contribution in [0.3, 0.4) is 0 Å². The standard InChI is InChI=1S/C14H23NO3/c1-10(14(17)18)6-5-7-11(2)15-13(16)12-8-3-4-9-12/h3-4,10-12H,5-9H2,1-2H3,(H,15,16)(H,17,18). The van der Waals surface area contributed by atoms with E-state index in [4.69, 9.17) is 5.11 Å². The molecule has 1 aliphatic rings. The smallest absolute Gasteiger partial charge is 0.306 e. The molecule has 4 heteroatoms. The molecule has 0 spiro atoms. The van der Waals surface area contributed by atoms with Crippen molar-refractivity contribution in [2.24, 2.45) is 11.8 Å². The third-order valence-electron chi connectivity index (χ3n) is 3.46. The van der Waals surface area contributed by atoms with Gasteiger partial charge in [-0.3, -0.25) is 9.59 Å². The first-order chi connectivity index (χ1) is 8.50. The molecule has 1 amide bonds. The molecule has 2 unspecified atom stereocenters. The van der Waals surface area contributed by atoms with Gasteiger partial charge in [-0.15, -0.1) is 0 Å². The summed E-state index contributed by atoms with van der Waals surface area (Å²) < 4.78 is 0. The number of amides is 1. The van der Waals surface area contributed by atoms with Gasteiger partial charge in [0.05, 0.1) is 5.92 Å². The first-order valence-electron chi connectivity index (χ1n) is 6.69. The summed E-state index contributed by atoms with van der Waals surface area (Å²) in [7, 11) is 0. The van der Waals surface area contributed by atoms with Crippen LogP contribution in [0.1, 0.15) is 46.0 Å². The van der Waals surface area contributed by atoms with Crippen LogP contribution in [0.15, 0.2) is 12.2 Å². The average Bonchev–Trinajstić information content (AvgIpc) is 2.81. The van der Waals surface area contributed by atoms with Gasteiger partial charge in [-0.05, 0) is 32.6 Å². The Balaban J connectivity index is 2.15. The number of aliphatic carboxylic acids is 1. The summed E-state index contributed by atoms with van der Waals surface area (Å²) in [5.41, 5.74) is 0. The van der Waals surface area contributed by atoms with Gasteiger partial charge in [-0.1, -0.05) is 25.5 Å². The fraction of sp³-hybridized carbons (Fsp3) is 0.714. The monoisotopic (exact) mass is 253 g/mol. The highest BCUT2D eigenvalue weighted by Crippen LogP contribution is 2.18. The quantitative estimate of drug-likeness (QED) is 0.684. The van der Waals surface area contributed by atoms with Crippen LogP contribution >= 0.6 is 0 Å². The van der Waals surface area contributed by atoms with Gasteiger partial charge in [0, 0.05) is 12.0 Å². The lowest BCUT2D eigenvalue weighted by Gasteiger charge is -2.17. The summed E-state index contributed by atoms with van der Waals surface area (Å²) >= 11 is 0. The summed E-state index contributed by atoms with van der Waals surface area (Å²) in [5, 5.41) is 11.8. The van der Waals surface area contributed by atoms with E-state index in [9.17, 15) is 9.59 Å². The molecule has 0 fully saturated rings. The molecule has 0 aromatic heterocycles. The van der Waals surface area contributed by atoms with E-state index in [1.54, 1.807) is 6.92 Å². The summed E-state index contributed by atoms with van der Waals surface area (Å²) in [5.74, 6) is -0.820. The molecule has 0 aromatic rings. The van der Waals surface area contributed by atoms with Crippen LogP contribution in [0.4, 0.5) is 0 Å².